The molecular formula is C22H21FN2. The maximum Gasteiger partial charge on any atom is 0.123 e. The normalized spacial score (nSPS) is 22.4. The molecule has 4 heterocycles. The molecule has 1 aromatic heterocycles. The standard InChI is InChI=1S/C22H21FN2/c23-18-8-5-15(6-9-18)4-7-16-2-1-3-19-20-14-25-12-10-17(11-13-25)22(20)24-21(16)19/h1-9,17,24H,10-14H2/b7-4+. The minimum atomic E-state index is -0.197. The van der Waals surface area contributed by atoms with Gasteiger partial charge in [0.2, 0.25) is 0 Å². The Morgan fingerprint density at radius 3 is 2.60 bits per heavy atom. The molecule has 6 rings (SSSR count). The number of benzene rings is 2. The molecule has 0 unspecified atom stereocenters. The van der Waals surface area contributed by atoms with Gasteiger partial charge in [-0.05, 0) is 54.8 Å². The third kappa shape index (κ3) is 2.59. The summed E-state index contributed by atoms with van der Waals surface area (Å²) in [5.41, 5.74) is 6.39. The fourth-order valence-electron chi connectivity index (χ4n) is 4.34. The van der Waals surface area contributed by atoms with Crippen LogP contribution in [0.5, 0.6) is 0 Å². The van der Waals surface area contributed by atoms with E-state index in [1.54, 1.807) is 0 Å². The second kappa shape index (κ2) is 5.85. The summed E-state index contributed by atoms with van der Waals surface area (Å²) in [5.74, 6) is 0.479. The second-order valence-corrected chi connectivity index (χ2v) is 7.22. The van der Waals surface area contributed by atoms with E-state index in [1.165, 1.54) is 65.8 Å². The zero-order valence-corrected chi connectivity index (χ0v) is 14.1. The minimum absolute atomic E-state index is 0.197. The van der Waals surface area contributed by atoms with Crippen LogP contribution in [0.4, 0.5) is 4.39 Å². The quantitative estimate of drug-likeness (QED) is 0.641. The molecule has 0 spiro atoms. The fourth-order valence-corrected chi connectivity index (χ4v) is 4.34. The van der Waals surface area contributed by atoms with E-state index in [4.69, 9.17) is 0 Å². The SMILES string of the molecule is Fc1ccc(/C=C/c2cccc3c4c([nH]c23)C2CCN(CC2)C4)cc1. The van der Waals surface area contributed by atoms with Crippen LogP contribution in [0, 0.1) is 5.82 Å². The van der Waals surface area contributed by atoms with Crippen molar-refractivity contribution in [1.29, 1.82) is 0 Å². The average Bonchev–Trinajstić information content (AvgIpc) is 2.82. The van der Waals surface area contributed by atoms with Gasteiger partial charge in [0.15, 0.2) is 0 Å². The lowest BCUT2D eigenvalue weighted by molar-refractivity contribution is 0.220. The molecule has 2 nitrogen and oxygen atoms in total. The van der Waals surface area contributed by atoms with E-state index in [2.05, 4.69) is 40.2 Å². The van der Waals surface area contributed by atoms with Crippen LogP contribution >= 0.6 is 0 Å². The van der Waals surface area contributed by atoms with E-state index >= 15 is 0 Å². The zero-order chi connectivity index (χ0) is 16.8. The van der Waals surface area contributed by atoms with Crippen molar-refractivity contribution in [3.63, 3.8) is 0 Å². The number of H-pyrrole nitrogens is 1. The Morgan fingerprint density at radius 1 is 1.00 bits per heavy atom. The molecule has 0 atom stereocenters. The number of hydrogen-bond acceptors (Lipinski definition) is 1. The van der Waals surface area contributed by atoms with Crippen LogP contribution < -0.4 is 0 Å². The number of hydrogen-bond donors (Lipinski definition) is 1. The first-order chi connectivity index (χ1) is 12.3. The molecule has 1 N–H and O–H groups in total. The van der Waals surface area contributed by atoms with Crippen molar-refractivity contribution >= 4 is 23.1 Å². The molecule has 1 fully saturated rings. The van der Waals surface area contributed by atoms with E-state index in [0.29, 0.717) is 5.92 Å². The predicted molar refractivity (Wildman–Crippen MR) is 101 cm³/mol. The molecule has 0 amide bonds. The van der Waals surface area contributed by atoms with Crippen LogP contribution in [0.25, 0.3) is 23.1 Å². The Balaban J connectivity index is 1.58. The Morgan fingerprint density at radius 2 is 1.80 bits per heavy atom. The Hall–Kier alpha value is -2.39. The van der Waals surface area contributed by atoms with Crippen LogP contribution in [0.2, 0.25) is 0 Å². The van der Waals surface area contributed by atoms with Gasteiger partial charge in [-0.25, -0.2) is 4.39 Å². The van der Waals surface area contributed by atoms with Crippen molar-refractivity contribution in [1.82, 2.24) is 9.88 Å². The highest BCUT2D eigenvalue weighted by Crippen LogP contribution is 2.39. The van der Waals surface area contributed by atoms with E-state index in [9.17, 15) is 4.39 Å². The highest BCUT2D eigenvalue weighted by molar-refractivity contribution is 5.93. The van der Waals surface area contributed by atoms with Gasteiger partial charge in [-0.15, -0.1) is 0 Å². The first kappa shape index (κ1) is 14.9. The molecule has 126 valence electrons. The van der Waals surface area contributed by atoms with E-state index < -0.39 is 0 Å². The summed E-state index contributed by atoms with van der Waals surface area (Å²) in [6, 6.07) is 13.2. The number of aromatic amines is 1. The van der Waals surface area contributed by atoms with Crippen molar-refractivity contribution in [3.8, 4) is 0 Å². The lowest BCUT2D eigenvalue weighted by atomic mass is 9.94. The van der Waals surface area contributed by atoms with E-state index in [1.807, 2.05) is 12.1 Å². The Labute approximate surface area is 147 Å². The number of rotatable bonds is 2. The van der Waals surface area contributed by atoms with Crippen LogP contribution in [-0.2, 0) is 6.54 Å². The van der Waals surface area contributed by atoms with Crippen LogP contribution in [0.3, 0.4) is 0 Å². The topological polar surface area (TPSA) is 19.0 Å². The van der Waals surface area contributed by atoms with Crippen LogP contribution in [0.1, 0.15) is 41.1 Å². The lowest BCUT2D eigenvalue weighted by Crippen LogP contribution is -2.29. The number of nitrogens with one attached hydrogen (secondary N) is 1. The average molecular weight is 332 g/mol. The molecule has 2 aromatic carbocycles. The highest BCUT2D eigenvalue weighted by atomic mass is 19.1. The molecule has 25 heavy (non-hydrogen) atoms. The molecule has 3 aromatic rings. The summed E-state index contributed by atoms with van der Waals surface area (Å²) >= 11 is 0. The van der Waals surface area contributed by atoms with E-state index in [-0.39, 0.29) is 5.82 Å². The molecule has 1 saturated heterocycles. The number of halogens is 1. The van der Waals surface area contributed by atoms with Gasteiger partial charge in [0.25, 0.3) is 0 Å². The summed E-state index contributed by atoms with van der Waals surface area (Å²) in [7, 11) is 0. The monoisotopic (exact) mass is 332 g/mol. The van der Waals surface area contributed by atoms with Crippen molar-refractivity contribution in [2.24, 2.45) is 0 Å². The number of aromatic nitrogens is 1. The summed E-state index contributed by atoms with van der Waals surface area (Å²) in [4.78, 5) is 6.34. The maximum atomic E-state index is 13.1. The largest absolute Gasteiger partial charge is 0.357 e. The van der Waals surface area contributed by atoms with Crippen LogP contribution in [-0.4, -0.2) is 23.0 Å². The van der Waals surface area contributed by atoms with Gasteiger partial charge in [0.05, 0.1) is 5.52 Å². The molecular weight excluding hydrogens is 311 g/mol. The summed E-state index contributed by atoms with van der Waals surface area (Å²) in [6.45, 7) is 3.51. The Bertz CT molecular complexity index is 944. The molecule has 0 saturated carbocycles. The van der Waals surface area contributed by atoms with Crippen molar-refractivity contribution in [2.75, 3.05) is 13.1 Å². The van der Waals surface area contributed by atoms with Crippen LogP contribution in [0.15, 0.2) is 42.5 Å². The fraction of sp³-hybridized carbons (Fsp3) is 0.273. The van der Waals surface area contributed by atoms with E-state index in [0.717, 1.165) is 12.1 Å². The summed E-state index contributed by atoms with van der Waals surface area (Å²) < 4.78 is 13.1. The third-order valence-corrected chi connectivity index (χ3v) is 5.71. The zero-order valence-electron chi connectivity index (χ0n) is 14.1. The smallest absolute Gasteiger partial charge is 0.123 e. The van der Waals surface area contributed by atoms with Crippen molar-refractivity contribution < 1.29 is 4.39 Å². The first-order valence-corrected chi connectivity index (χ1v) is 9.07. The lowest BCUT2D eigenvalue weighted by Gasteiger charge is -2.26. The molecule has 0 aliphatic carbocycles. The van der Waals surface area contributed by atoms with Gasteiger partial charge in [-0.3, -0.25) is 4.90 Å². The molecule has 0 radical (unpaired) electrons. The van der Waals surface area contributed by atoms with Gasteiger partial charge < -0.3 is 4.98 Å². The molecule has 3 aliphatic heterocycles. The third-order valence-electron chi connectivity index (χ3n) is 5.71. The van der Waals surface area contributed by atoms with Crippen molar-refractivity contribution in [3.05, 3.63) is 70.7 Å². The number of piperidine rings is 1. The summed E-state index contributed by atoms with van der Waals surface area (Å²) in [6.07, 6.45) is 6.71. The van der Waals surface area contributed by atoms with Gasteiger partial charge in [0.1, 0.15) is 5.82 Å². The molecule has 2 bridgehead atoms. The first-order valence-electron chi connectivity index (χ1n) is 9.07. The van der Waals surface area contributed by atoms with Crippen molar-refractivity contribution in [2.45, 2.75) is 25.3 Å². The molecule has 3 heteroatoms. The van der Waals surface area contributed by atoms with Gasteiger partial charge in [-0.1, -0.05) is 42.5 Å². The highest BCUT2D eigenvalue weighted by Gasteiger charge is 2.30. The maximum absolute atomic E-state index is 13.1. The number of fused-ring (bicyclic) bond motifs is 3. The second-order valence-electron chi connectivity index (χ2n) is 7.22. The summed E-state index contributed by atoms with van der Waals surface area (Å²) in [5, 5.41) is 1.36. The van der Waals surface area contributed by atoms with Gasteiger partial charge in [-0.2, -0.15) is 0 Å². The predicted octanol–water partition coefficient (Wildman–Crippen LogP) is 5.17. The van der Waals surface area contributed by atoms with Gasteiger partial charge in [0, 0.05) is 23.5 Å². The molecule has 3 aliphatic rings. The van der Waals surface area contributed by atoms with Gasteiger partial charge >= 0.3 is 0 Å². The number of para-hydroxylation sites is 1. The number of nitrogens with zero attached hydrogens (tertiary/aromatic N) is 1. The Kier molecular flexibility index (Phi) is 3.49. The minimum Gasteiger partial charge on any atom is -0.357 e.